The minimum atomic E-state index is 0.855. The highest BCUT2D eigenvalue weighted by Gasteiger charge is 2.10. The topological polar surface area (TPSA) is 54.2 Å². The molecule has 0 spiro atoms. The Balaban J connectivity index is 2.06. The van der Waals surface area contributed by atoms with Gasteiger partial charge < -0.3 is 10.3 Å². The monoisotopic (exact) mass is 206 g/mol. The van der Waals surface area contributed by atoms with Crippen molar-refractivity contribution in [3.8, 4) is 0 Å². The second-order valence-electron chi connectivity index (χ2n) is 3.95. The van der Waals surface area contributed by atoms with E-state index in [-0.39, 0.29) is 0 Å². The van der Waals surface area contributed by atoms with Crippen molar-refractivity contribution in [2.24, 2.45) is 5.84 Å². The standard InChI is InChI=1S/C11H18N4/c12-14-10-5-6-11(13-9-10)15-7-3-1-2-4-8-15/h5-6,9,14H,1-4,7-8,12H2. The van der Waals surface area contributed by atoms with Crippen LogP contribution in [-0.4, -0.2) is 18.1 Å². The van der Waals surface area contributed by atoms with Crippen molar-refractivity contribution in [1.82, 2.24) is 4.98 Å². The molecule has 3 N–H and O–H groups in total. The fourth-order valence-electron chi connectivity index (χ4n) is 1.96. The lowest BCUT2D eigenvalue weighted by Crippen LogP contribution is -2.24. The molecule has 0 aliphatic carbocycles. The number of hydrogen-bond donors (Lipinski definition) is 2. The summed E-state index contributed by atoms with van der Waals surface area (Å²) in [4.78, 5) is 6.75. The van der Waals surface area contributed by atoms with Gasteiger partial charge in [-0.3, -0.25) is 5.84 Å². The highest BCUT2D eigenvalue weighted by atomic mass is 15.2. The molecule has 1 aliphatic rings. The maximum Gasteiger partial charge on any atom is 0.128 e. The van der Waals surface area contributed by atoms with Crippen LogP contribution < -0.4 is 16.2 Å². The third-order valence-electron chi connectivity index (χ3n) is 2.84. The molecule has 1 aromatic rings. The van der Waals surface area contributed by atoms with E-state index < -0.39 is 0 Å². The molecular weight excluding hydrogens is 188 g/mol. The third-order valence-corrected chi connectivity index (χ3v) is 2.84. The van der Waals surface area contributed by atoms with Crippen LogP contribution in [0, 0.1) is 0 Å². The Hall–Kier alpha value is -1.29. The van der Waals surface area contributed by atoms with Crippen molar-refractivity contribution < 1.29 is 0 Å². The molecule has 1 fully saturated rings. The number of hydrogen-bond acceptors (Lipinski definition) is 4. The van der Waals surface area contributed by atoms with Crippen LogP contribution in [0.2, 0.25) is 0 Å². The number of aromatic nitrogens is 1. The van der Waals surface area contributed by atoms with E-state index >= 15 is 0 Å². The Kier molecular flexibility index (Phi) is 3.40. The van der Waals surface area contributed by atoms with E-state index in [4.69, 9.17) is 5.84 Å². The molecule has 2 rings (SSSR count). The van der Waals surface area contributed by atoms with Crippen molar-refractivity contribution in [2.45, 2.75) is 25.7 Å². The summed E-state index contributed by atoms with van der Waals surface area (Å²) >= 11 is 0. The summed E-state index contributed by atoms with van der Waals surface area (Å²) in [5.74, 6) is 6.37. The molecule has 2 heterocycles. The molecule has 0 amide bonds. The Morgan fingerprint density at radius 2 is 1.87 bits per heavy atom. The summed E-state index contributed by atoms with van der Waals surface area (Å²) in [6, 6.07) is 3.99. The van der Waals surface area contributed by atoms with Gasteiger partial charge in [0.15, 0.2) is 0 Å². The Bertz CT molecular complexity index is 288. The van der Waals surface area contributed by atoms with Gasteiger partial charge in [0.05, 0.1) is 11.9 Å². The molecule has 0 saturated carbocycles. The number of anilines is 2. The van der Waals surface area contributed by atoms with Crippen LogP contribution in [0.5, 0.6) is 0 Å². The van der Waals surface area contributed by atoms with Gasteiger partial charge >= 0.3 is 0 Å². The van der Waals surface area contributed by atoms with Gasteiger partial charge in [-0.2, -0.15) is 0 Å². The number of nitrogens with one attached hydrogen (secondary N) is 1. The average molecular weight is 206 g/mol. The second kappa shape index (κ2) is 4.98. The molecule has 0 atom stereocenters. The summed E-state index contributed by atoms with van der Waals surface area (Å²) in [6.45, 7) is 2.25. The van der Waals surface area contributed by atoms with E-state index in [2.05, 4.69) is 15.3 Å². The van der Waals surface area contributed by atoms with Crippen LogP contribution in [0.25, 0.3) is 0 Å². The van der Waals surface area contributed by atoms with E-state index in [9.17, 15) is 0 Å². The van der Waals surface area contributed by atoms with Crippen LogP contribution in [0.3, 0.4) is 0 Å². The second-order valence-corrected chi connectivity index (χ2v) is 3.95. The molecular formula is C11H18N4. The van der Waals surface area contributed by atoms with Crippen molar-refractivity contribution in [1.29, 1.82) is 0 Å². The van der Waals surface area contributed by atoms with E-state index in [1.165, 1.54) is 25.7 Å². The number of nitrogens with two attached hydrogens (primary N) is 1. The van der Waals surface area contributed by atoms with E-state index in [0.29, 0.717) is 0 Å². The highest BCUT2D eigenvalue weighted by molar-refractivity contribution is 5.47. The van der Waals surface area contributed by atoms with E-state index in [1.807, 2.05) is 12.1 Å². The first-order valence-corrected chi connectivity index (χ1v) is 5.58. The van der Waals surface area contributed by atoms with Gasteiger partial charge in [-0.05, 0) is 25.0 Å². The maximum atomic E-state index is 5.30. The van der Waals surface area contributed by atoms with Crippen LogP contribution >= 0.6 is 0 Å². The minimum absolute atomic E-state index is 0.855. The molecule has 0 unspecified atom stereocenters. The Morgan fingerprint density at radius 3 is 2.40 bits per heavy atom. The number of pyridine rings is 1. The highest BCUT2D eigenvalue weighted by Crippen LogP contribution is 2.18. The van der Waals surface area contributed by atoms with Crippen LogP contribution in [0.15, 0.2) is 18.3 Å². The van der Waals surface area contributed by atoms with Crippen molar-refractivity contribution in [2.75, 3.05) is 23.4 Å². The maximum absolute atomic E-state index is 5.30. The summed E-state index contributed by atoms with van der Waals surface area (Å²) in [5, 5.41) is 0. The summed E-state index contributed by atoms with van der Waals surface area (Å²) in [6.07, 6.45) is 7.02. The lowest BCUT2D eigenvalue weighted by molar-refractivity contribution is 0.726. The lowest BCUT2D eigenvalue weighted by atomic mass is 10.2. The first kappa shape index (κ1) is 10.2. The molecule has 15 heavy (non-hydrogen) atoms. The SMILES string of the molecule is NNc1ccc(N2CCCCCC2)nc1. The number of nitrogen functional groups attached to an aromatic ring is 1. The molecule has 0 radical (unpaired) electrons. The zero-order valence-corrected chi connectivity index (χ0v) is 8.95. The fourth-order valence-corrected chi connectivity index (χ4v) is 1.96. The normalized spacial score (nSPS) is 17.3. The average Bonchev–Trinajstić information content (AvgIpc) is 2.58. The van der Waals surface area contributed by atoms with Crippen molar-refractivity contribution in [3.63, 3.8) is 0 Å². The smallest absolute Gasteiger partial charge is 0.128 e. The Labute approximate surface area is 90.5 Å². The zero-order valence-electron chi connectivity index (χ0n) is 8.95. The molecule has 0 aromatic carbocycles. The largest absolute Gasteiger partial charge is 0.357 e. The molecule has 0 bridgehead atoms. The predicted molar refractivity (Wildman–Crippen MR) is 62.7 cm³/mol. The van der Waals surface area contributed by atoms with Crippen LogP contribution in [0.4, 0.5) is 11.5 Å². The molecule has 1 aromatic heterocycles. The van der Waals surface area contributed by atoms with Gasteiger partial charge in [-0.1, -0.05) is 12.8 Å². The van der Waals surface area contributed by atoms with Gasteiger partial charge in [0.2, 0.25) is 0 Å². The fraction of sp³-hybridized carbons (Fsp3) is 0.545. The quantitative estimate of drug-likeness (QED) is 0.572. The number of hydrazine groups is 1. The zero-order chi connectivity index (χ0) is 10.5. The van der Waals surface area contributed by atoms with Gasteiger partial charge in [0.1, 0.15) is 5.82 Å². The first-order chi connectivity index (χ1) is 7.40. The summed E-state index contributed by atoms with van der Waals surface area (Å²) in [7, 11) is 0. The first-order valence-electron chi connectivity index (χ1n) is 5.58. The predicted octanol–water partition coefficient (Wildman–Crippen LogP) is 1.75. The molecule has 1 saturated heterocycles. The molecule has 4 nitrogen and oxygen atoms in total. The lowest BCUT2D eigenvalue weighted by Gasteiger charge is -2.21. The van der Waals surface area contributed by atoms with Crippen LogP contribution in [0.1, 0.15) is 25.7 Å². The van der Waals surface area contributed by atoms with Gasteiger partial charge in [-0.25, -0.2) is 4.98 Å². The molecule has 82 valence electrons. The molecule has 4 heteroatoms. The van der Waals surface area contributed by atoms with Gasteiger partial charge in [0.25, 0.3) is 0 Å². The van der Waals surface area contributed by atoms with Gasteiger partial charge in [0, 0.05) is 13.1 Å². The molecule has 1 aliphatic heterocycles. The van der Waals surface area contributed by atoms with E-state index in [1.54, 1.807) is 6.20 Å². The third kappa shape index (κ3) is 2.59. The van der Waals surface area contributed by atoms with Crippen molar-refractivity contribution in [3.05, 3.63) is 18.3 Å². The number of nitrogens with zero attached hydrogens (tertiary/aromatic N) is 2. The number of rotatable bonds is 2. The summed E-state index contributed by atoms with van der Waals surface area (Å²) in [5.41, 5.74) is 3.44. The van der Waals surface area contributed by atoms with E-state index in [0.717, 1.165) is 24.6 Å². The van der Waals surface area contributed by atoms with Crippen molar-refractivity contribution >= 4 is 11.5 Å². The summed E-state index contributed by atoms with van der Waals surface area (Å²) < 4.78 is 0. The van der Waals surface area contributed by atoms with Gasteiger partial charge in [-0.15, -0.1) is 0 Å². The minimum Gasteiger partial charge on any atom is -0.357 e. The van der Waals surface area contributed by atoms with Crippen LogP contribution in [-0.2, 0) is 0 Å². The Morgan fingerprint density at radius 1 is 1.13 bits per heavy atom.